The molecule has 0 aliphatic carbocycles. The maximum Gasteiger partial charge on any atom is 0.259 e. The van der Waals surface area contributed by atoms with E-state index in [1.807, 2.05) is 48.7 Å². The summed E-state index contributed by atoms with van der Waals surface area (Å²) < 4.78 is 1.85. The summed E-state index contributed by atoms with van der Waals surface area (Å²) in [4.78, 5) is 15.0. The van der Waals surface area contributed by atoms with Crippen LogP contribution in [0, 0.1) is 0 Å². The van der Waals surface area contributed by atoms with Gasteiger partial charge in [-0.05, 0) is 40.2 Å². The smallest absolute Gasteiger partial charge is 0.259 e. The Balaban J connectivity index is 1.55. The number of hydrogen-bond acceptors (Lipinski definition) is 3. The molecular weight excluding hydrogens is 436 g/mol. The predicted octanol–water partition coefficient (Wildman–Crippen LogP) is 4.26. The molecule has 0 spiro atoms. The molecule has 0 atom stereocenters. The molecule has 0 radical (unpaired) electrons. The van der Waals surface area contributed by atoms with Gasteiger partial charge in [-0.15, -0.1) is 0 Å². The van der Waals surface area contributed by atoms with Gasteiger partial charge >= 0.3 is 0 Å². The predicted molar refractivity (Wildman–Crippen MR) is 104 cm³/mol. The van der Waals surface area contributed by atoms with E-state index in [4.69, 9.17) is 0 Å². The Morgan fingerprint density at radius 3 is 2.88 bits per heavy atom. The Morgan fingerprint density at radius 1 is 1.21 bits per heavy atom. The maximum absolute atomic E-state index is 11.9. The lowest BCUT2D eigenvalue weighted by Crippen LogP contribution is -2.25. The molecule has 122 valence electrons. The van der Waals surface area contributed by atoms with Crippen LogP contribution < -0.4 is 10.7 Å². The first-order chi connectivity index (χ1) is 11.6. The van der Waals surface area contributed by atoms with Crippen molar-refractivity contribution < 1.29 is 4.79 Å². The largest absolute Gasteiger partial charge is 0.375 e. The van der Waals surface area contributed by atoms with Gasteiger partial charge < -0.3 is 10.3 Å². The topological polar surface area (TPSA) is 69.3 Å². The minimum absolute atomic E-state index is 0.130. The van der Waals surface area contributed by atoms with E-state index in [9.17, 15) is 4.79 Å². The second-order valence-electron chi connectivity index (χ2n) is 5.06. The molecule has 7 heteroatoms. The molecule has 0 bridgehead atoms. The number of benzene rings is 2. The van der Waals surface area contributed by atoms with Crippen LogP contribution in [-0.2, 0) is 4.79 Å². The number of hydrazone groups is 1. The Morgan fingerprint density at radius 2 is 2.04 bits per heavy atom. The summed E-state index contributed by atoms with van der Waals surface area (Å²) in [5.41, 5.74) is 5.32. The molecule has 1 amide bonds. The zero-order valence-electron chi connectivity index (χ0n) is 12.5. The average molecular weight is 450 g/mol. The number of rotatable bonds is 5. The second kappa shape index (κ2) is 7.63. The number of nitrogens with zero attached hydrogens (tertiary/aromatic N) is 1. The van der Waals surface area contributed by atoms with E-state index in [0.717, 1.165) is 31.1 Å². The van der Waals surface area contributed by atoms with Crippen molar-refractivity contribution in [3.8, 4) is 0 Å². The quantitative estimate of drug-likeness (QED) is 0.402. The highest BCUT2D eigenvalue weighted by Gasteiger charge is 2.04. The van der Waals surface area contributed by atoms with Gasteiger partial charge in [0.15, 0.2) is 0 Å². The van der Waals surface area contributed by atoms with Crippen LogP contribution in [0.15, 0.2) is 62.7 Å². The van der Waals surface area contributed by atoms with Gasteiger partial charge in [-0.1, -0.05) is 34.1 Å². The minimum atomic E-state index is -0.221. The first kappa shape index (κ1) is 16.7. The van der Waals surface area contributed by atoms with Gasteiger partial charge in [0.1, 0.15) is 0 Å². The third-order valence-corrected chi connectivity index (χ3v) is 4.53. The van der Waals surface area contributed by atoms with Crippen LogP contribution >= 0.6 is 31.9 Å². The van der Waals surface area contributed by atoms with Gasteiger partial charge in [0.25, 0.3) is 5.91 Å². The van der Waals surface area contributed by atoms with Crippen molar-refractivity contribution in [2.45, 2.75) is 0 Å². The van der Waals surface area contributed by atoms with Crippen LogP contribution in [-0.4, -0.2) is 23.7 Å². The van der Waals surface area contributed by atoms with Crippen LogP contribution in [0.4, 0.5) is 5.69 Å². The summed E-state index contributed by atoms with van der Waals surface area (Å²) in [5.74, 6) is -0.221. The summed E-state index contributed by atoms with van der Waals surface area (Å²) in [7, 11) is 0. The first-order valence-electron chi connectivity index (χ1n) is 7.20. The molecular formula is C17H14Br2N4O. The molecule has 3 N–H and O–H groups in total. The maximum atomic E-state index is 11.9. The van der Waals surface area contributed by atoms with Crippen molar-refractivity contribution in [3.05, 3.63) is 63.2 Å². The highest BCUT2D eigenvalue weighted by Crippen LogP contribution is 2.25. The number of carbonyl (C=O) groups excluding carboxylic acids is 1. The monoisotopic (exact) mass is 448 g/mol. The molecule has 0 aliphatic heterocycles. The molecule has 1 aromatic heterocycles. The van der Waals surface area contributed by atoms with Gasteiger partial charge in [-0.25, -0.2) is 5.43 Å². The average Bonchev–Trinajstić information content (AvgIpc) is 2.97. The van der Waals surface area contributed by atoms with Gasteiger partial charge in [-0.3, -0.25) is 4.79 Å². The van der Waals surface area contributed by atoms with Gasteiger partial charge in [-0.2, -0.15) is 5.10 Å². The Kier molecular flexibility index (Phi) is 5.32. The first-order valence-corrected chi connectivity index (χ1v) is 8.79. The molecule has 1 heterocycles. The number of nitrogens with one attached hydrogen (secondary N) is 3. The molecule has 0 saturated heterocycles. The van der Waals surface area contributed by atoms with E-state index >= 15 is 0 Å². The Bertz CT molecular complexity index is 904. The fourth-order valence-corrected chi connectivity index (χ4v) is 3.41. The van der Waals surface area contributed by atoms with E-state index < -0.39 is 0 Å². The van der Waals surface area contributed by atoms with Crippen LogP contribution in [0.25, 0.3) is 10.9 Å². The van der Waals surface area contributed by atoms with E-state index in [0.29, 0.717) is 0 Å². The van der Waals surface area contributed by atoms with Crippen LogP contribution in [0.3, 0.4) is 0 Å². The third-order valence-electron chi connectivity index (χ3n) is 3.38. The number of para-hydroxylation sites is 1. The molecule has 0 saturated carbocycles. The molecule has 0 aliphatic rings. The number of aromatic nitrogens is 1. The highest BCUT2D eigenvalue weighted by atomic mass is 79.9. The number of hydrogen-bond donors (Lipinski definition) is 3. The van der Waals surface area contributed by atoms with E-state index in [1.165, 1.54) is 0 Å². The number of carbonyl (C=O) groups is 1. The van der Waals surface area contributed by atoms with E-state index in [-0.39, 0.29) is 12.5 Å². The van der Waals surface area contributed by atoms with Crippen molar-refractivity contribution in [1.29, 1.82) is 0 Å². The van der Waals surface area contributed by atoms with Crippen molar-refractivity contribution in [2.24, 2.45) is 5.10 Å². The van der Waals surface area contributed by atoms with Crippen molar-refractivity contribution >= 4 is 60.6 Å². The lowest BCUT2D eigenvalue weighted by Gasteiger charge is -2.07. The van der Waals surface area contributed by atoms with Crippen LogP contribution in [0.2, 0.25) is 0 Å². The molecule has 5 nitrogen and oxygen atoms in total. The number of aromatic amines is 1. The zero-order chi connectivity index (χ0) is 16.9. The summed E-state index contributed by atoms with van der Waals surface area (Å²) >= 11 is 6.83. The van der Waals surface area contributed by atoms with Gasteiger partial charge in [0, 0.05) is 37.3 Å². The summed E-state index contributed by atoms with van der Waals surface area (Å²) in [6.07, 6.45) is 3.49. The normalized spacial score (nSPS) is 11.1. The third kappa shape index (κ3) is 4.04. The molecule has 3 aromatic rings. The van der Waals surface area contributed by atoms with Gasteiger partial charge in [0.2, 0.25) is 0 Å². The molecule has 2 aromatic carbocycles. The van der Waals surface area contributed by atoms with Crippen molar-refractivity contribution in [2.75, 3.05) is 11.9 Å². The Labute approximate surface area is 155 Å². The molecule has 0 unspecified atom stereocenters. The van der Waals surface area contributed by atoms with Crippen molar-refractivity contribution in [1.82, 2.24) is 10.4 Å². The standard InChI is InChI=1S/C17H14Br2N4O/c18-12-5-6-16(14(19)7-12)21-10-17(24)23-22-9-11-8-20-15-4-2-1-3-13(11)15/h1-9,20-21H,10H2,(H,23,24). The lowest BCUT2D eigenvalue weighted by atomic mass is 10.2. The van der Waals surface area contributed by atoms with Gasteiger partial charge in [0.05, 0.1) is 12.8 Å². The summed E-state index contributed by atoms with van der Waals surface area (Å²) in [6.45, 7) is 0.130. The highest BCUT2D eigenvalue weighted by molar-refractivity contribution is 9.11. The number of halogens is 2. The fourth-order valence-electron chi connectivity index (χ4n) is 2.22. The summed E-state index contributed by atoms with van der Waals surface area (Å²) in [6, 6.07) is 13.6. The summed E-state index contributed by atoms with van der Waals surface area (Å²) in [5, 5.41) is 8.12. The minimum Gasteiger partial charge on any atom is -0.375 e. The molecule has 24 heavy (non-hydrogen) atoms. The number of amides is 1. The lowest BCUT2D eigenvalue weighted by molar-refractivity contribution is -0.119. The molecule has 0 fully saturated rings. The fraction of sp³-hybridized carbons (Fsp3) is 0.0588. The number of fused-ring (bicyclic) bond motifs is 1. The van der Waals surface area contributed by atoms with Crippen molar-refractivity contribution in [3.63, 3.8) is 0 Å². The van der Waals surface area contributed by atoms with Crippen LogP contribution in [0.1, 0.15) is 5.56 Å². The Hall–Kier alpha value is -2.12. The zero-order valence-corrected chi connectivity index (χ0v) is 15.7. The SMILES string of the molecule is O=C(CNc1ccc(Br)cc1Br)NN=Cc1c[nH]c2ccccc12. The van der Waals surface area contributed by atoms with E-state index in [2.05, 4.69) is 52.7 Å². The van der Waals surface area contributed by atoms with Crippen LogP contribution in [0.5, 0.6) is 0 Å². The number of anilines is 1. The van der Waals surface area contributed by atoms with E-state index in [1.54, 1.807) is 6.21 Å². The second-order valence-corrected chi connectivity index (χ2v) is 6.83. The molecule has 3 rings (SSSR count). The number of H-pyrrole nitrogens is 1.